The van der Waals surface area contributed by atoms with Gasteiger partial charge in [-0.3, -0.25) is 9.59 Å². The molecule has 24 heavy (non-hydrogen) atoms. The zero-order chi connectivity index (χ0) is 17.9. The van der Waals surface area contributed by atoms with Crippen LogP contribution in [0.5, 0.6) is 0 Å². The molecule has 0 spiro atoms. The molecule has 1 saturated heterocycles. The average molecular weight is 336 g/mol. The lowest BCUT2D eigenvalue weighted by molar-refractivity contribution is -0.145. The van der Waals surface area contributed by atoms with Crippen LogP contribution in [-0.4, -0.2) is 41.5 Å². The molecule has 2 rings (SSSR count). The van der Waals surface area contributed by atoms with Crippen LogP contribution < -0.4 is 5.32 Å². The first-order chi connectivity index (χ1) is 11.1. The molecule has 0 unspecified atom stereocenters. The zero-order valence-electron chi connectivity index (χ0n) is 14.4. The monoisotopic (exact) mass is 336 g/mol. The topological polar surface area (TPSA) is 69.6 Å². The van der Waals surface area contributed by atoms with E-state index in [2.05, 4.69) is 31.0 Å². The Morgan fingerprint density at radius 2 is 1.79 bits per heavy atom. The van der Waals surface area contributed by atoms with Crippen molar-refractivity contribution < 1.29 is 19.1 Å². The molecule has 132 valence electrons. The lowest BCUT2D eigenvalue weighted by Gasteiger charge is -2.38. The number of halogens is 1. The van der Waals surface area contributed by atoms with Gasteiger partial charge in [-0.15, -0.1) is 0 Å². The van der Waals surface area contributed by atoms with Gasteiger partial charge in [0.25, 0.3) is 0 Å². The minimum absolute atomic E-state index is 0.0262. The van der Waals surface area contributed by atoms with Crippen molar-refractivity contribution in [1.82, 2.24) is 4.90 Å². The van der Waals surface area contributed by atoms with Gasteiger partial charge in [-0.2, -0.15) is 0 Å². The van der Waals surface area contributed by atoms with Crippen molar-refractivity contribution in [3.8, 4) is 0 Å². The van der Waals surface area contributed by atoms with E-state index in [1.807, 2.05) is 0 Å². The van der Waals surface area contributed by atoms with Gasteiger partial charge in [0.1, 0.15) is 5.82 Å². The summed E-state index contributed by atoms with van der Waals surface area (Å²) in [6.07, 6.45) is 0.322. The fraction of sp³-hybridized carbons (Fsp3) is 0.556. The van der Waals surface area contributed by atoms with Crippen LogP contribution in [0, 0.1) is 23.1 Å². The summed E-state index contributed by atoms with van der Waals surface area (Å²) in [5, 5.41) is 12.1. The van der Waals surface area contributed by atoms with Crippen LogP contribution in [0.3, 0.4) is 0 Å². The number of carbonyl (C=O) groups is 2. The fourth-order valence-corrected chi connectivity index (χ4v) is 3.14. The molecule has 1 fully saturated rings. The maximum Gasteiger partial charge on any atom is 0.307 e. The van der Waals surface area contributed by atoms with Crippen LogP contribution in [0.25, 0.3) is 0 Å². The lowest BCUT2D eigenvalue weighted by atomic mass is 9.86. The number of carbonyl (C=O) groups excluding carboxylic acids is 1. The number of piperidine rings is 1. The summed E-state index contributed by atoms with van der Waals surface area (Å²) in [6.45, 7) is 8.00. The summed E-state index contributed by atoms with van der Waals surface area (Å²) in [6, 6.07) is 5.56. The normalized spacial score (nSPS) is 22.2. The number of nitrogens with one attached hydrogen (secondary N) is 1. The van der Waals surface area contributed by atoms with Crippen molar-refractivity contribution in [2.75, 3.05) is 25.0 Å². The molecule has 0 radical (unpaired) electrons. The maximum atomic E-state index is 12.9. The van der Waals surface area contributed by atoms with Gasteiger partial charge in [0, 0.05) is 25.3 Å². The molecule has 6 heteroatoms. The molecule has 0 aliphatic carbocycles. The molecule has 0 aromatic heterocycles. The van der Waals surface area contributed by atoms with Crippen molar-refractivity contribution in [3.63, 3.8) is 0 Å². The highest BCUT2D eigenvalue weighted by atomic mass is 19.1. The van der Waals surface area contributed by atoms with Gasteiger partial charge in [-0.05, 0) is 36.1 Å². The molecule has 2 N–H and O–H groups in total. The minimum atomic E-state index is -0.867. The molecule has 5 nitrogen and oxygen atoms in total. The van der Waals surface area contributed by atoms with Gasteiger partial charge in [-0.1, -0.05) is 20.8 Å². The number of hydrogen-bond acceptors (Lipinski definition) is 3. The van der Waals surface area contributed by atoms with Crippen LogP contribution in [0.15, 0.2) is 24.3 Å². The van der Waals surface area contributed by atoms with Gasteiger partial charge in [0.05, 0.1) is 11.8 Å². The number of rotatable bonds is 4. The van der Waals surface area contributed by atoms with Crippen LogP contribution in [0.2, 0.25) is 0 Å². The van der Waals surface area contributed by atoms with E-state index < -0.39 is 17.8 Å². The summed E-state index contributed by atoms with van der Waals surface area (Å²) < 4.78 is 12.9. The minimum Gasteiger partial charge on any atom is -0.481 e. The average Bonchev–Trinajstić information content (AvgIpc) is 2.47. The van der Waals surface area contributed by atoms with E-state index >= 15 is 0 Å². The third kappa shape index (κ3) is 5.30. The Balaban J connectivity index is 2.07. The van der Waals surface area contributed by atoms with Gasteiger partial charge < -0.3 is 15.3 Å². The third-order valence-electron chi connectivity index (χ3n) is 4.06. The molecule has 1 aromatic carbocycles. The molecule has 1 aliphatic rings. The van der Waals surface area contributed by atoms with Crippen molar-refractivity contribution in [2.45, 2.75) is 27.2 Å². The standard InChI is InChI=1S/C18H25FN2O3/c1-18(2,3)11-21-9-12(8-13(10-21)17(23)24)16(22)20-15-6-4-14(19)5-7-15/h4-7,12-13H,8-11H2,1-3H3,(H,20,22)(H,23,24)/t12-,13+/m1/s1. The van der Waals surface area contributed by atoms with Crippen molar-refractivity contribution >= 4 is 17.6 Å². The largest absolute Gasteiger partial charge is 0.481 e. The van der Waals surface area contributed by atoms with E-state index in [9.17, 15) is 19.1 Å². The second-order valence-corrected chi connectivity index (χ2v) is 7.72. The Hall–Kier alpha value is -1.95. The van der Waals surface area contributed by atoms with E-state index in [1.165, 1.54) is 24.3 Å². The summed E-state index contributed by atoms with van der Waals surface area (Å²) in [5.74, 6) is -2.40. The van der Waals surface area contributed by atoms with E-state index in [1.54, 1.807) is 0 Å². The molecular weight excluding hydrogens is 311 g/mol. The smallest absolute Gasteiger partial charge is 0.307 e. The predicted octanol–water partition coefficient (Wildman–Crippen LogP) is 2.83. The van der Waals surface area contributed by atoms with E-state index in [0.29, 0.717) is 25.2 Å². The van der Waals surface area contributed by atoms with E-state index in [4.69, 9.17) is 0 Å². The molecule has 2 atom stereocenters. The Morgan fingerprint density at radius 3 is 2.33 bits per heavy atom. The maximum absolute atomic E-state index is 12.9. The Labute approximate surface area is 141 Å². The molecule has 1 amide bonds. The molecular formula is C18H25FN2O3. The van der Waals surface area contributed by atoms with Crippen molar-refractivity contribution in [3.05, 3.63) is 30.1 Å². The Bertz CT molecular complexity index is 595. The van der Waals surface area contributed by atoms with Crippen LogP contribution in [0.1, 0.15) is 27.2 Å². The highest BCUT2D eigenvalue weighted by Crippen LogP contribution is 2.27. The second-order valence-electron chi connectivity index (χ2n) is 7.72. The van der Waals surface area contributed by atoms with Gasteiger partial charge in [0.15, 0.2) is 0 Å². The van der Waals surface area contributed by atoms with Gasteiger partial charge in [-0.25, -0.2) is 4.39 Å². The quantitative estimate of drug-likeness (QED) is 0.887. The van der Waals surface area contributed by atoms with Gasteiger partial charge in [0.2, 0.25) is 5.91 Å². The Kier molecular flexibility index (Phi) is 5.59. The summed E-state index contributed by atoms with van der Waals surface area (Å²) in [4.78, 5) is 26.0. The van der Waals surface area contributed by atoms with E-state index in [0.717, 1.165) is 6.54 Å². The SMILES string of the molecule is CC(C)(C)CN1C[C@@H](C(=O)O)C[C@@H](C(=O)Nc2ccc(F)cc2)C1. The zero-order valence-corrected chi connectivity index (χ0v) is 14.4. The van der Waals surface area contributed by atoms with Crippen molar-refractivity contribution in [2.24, 2.45) is 17.3 Å². The number of aliphatic carboxylic acids is 1. The first kappa shape index (κ1) is 18.4. The van der Waals surface area contributed by atoms with Crippen molar-refractivity contribution in [1.29, 1.82) is 0 Å². The molecule has 1 heterocycles. The molecule has 0 saturated carbocycles. The fourth-order valence-electron chi connectivity index (χ4n) is 3.14. The molecule has 1 aliphatic heterocycles. The number of carboxylic acid groups (broad SMARTS) is 1. The highest BCUT2D eigenvalue weighted by molar-refractivity contribution is 5.93. The first-order valence-corrected chi connectivity index (χ1v) is 8.15. The summed E-state index contributed by atoms with van der Waals surface area (Å²) in [7, 11) is 0. The summed E-state index contributed by atoms with van der Waals surface area (Å²) >= 11 is 0. The number of benzene rings is 1. The number of nitrogens with zero attached hydrogens (tertiary/aromatic N) is 1. The Morgan fingerprint density at radius 1 is 1.21 bits per heavy atom. The highest BCUT2D eigenvalue weighted by Gasteiger charge is 2.36. The lowest BCUT2D eigenvalue weighted by Crippen LogP contribution is -2.49. The van der Waals surface area contributed by atoms with Crippen LogP contribution in [-0.2, 0) is 9.59 Å². The van der Waals surface area contributed by atoms with E-state index in [-0.39, 0.29) is 17.1 Å². The summed E-state index contributed by atoms with van der Waals surface area (Å²) in [5.41, 5.74) is 0.541. The first-order valence-electron chi connectivity index (χ1n) is 8.15. The second kappa shape index (κ2) is 7.30. The number of likely N-dealkylation sites (tertiary alicyclic amines) is 1. The van der Waals surface area contributed by atoms with Gasteiger partial charge >= 0.3 is 5.97 Å². The number of amides is 1. The molecule has 1 aromatic rings. The number of hydrogen-bond donors (Lipinski definition) is 2. The van der Waals surface area contributed by atoms with Crippen LogP contribution in [0.4, 0.5) is 10.1 Å². The predicted molar refractivity (Wildman–Crippen MR) is 90.2 cm³/mol. The van der Waals surface area contributed by atoms with Crippen LogP contribution >= 0.6 is 0 Å². The number of anilines is 1. The third-order valence-corrected chi connectivity index (χ3v) is 4.06. The number of carboxylic acids is 1. The molecule has 0 bridgehead atoms.